The van der Waals surface area contributed by atoms with Crippen LogP contribution in [0.1, 0.15) is 20.8 Å². The summed E-state index contributed by atoms with van der Waals surface area (Å²) < 4.78 is 0. The van der Waals surface area contributed by atoms with Crippen molar-refractivity contribution in [2.45, 2.75) is 20.8 Å². The fraction of sp³-hybridized carbons (Fsp3) is 0.714. The van der Waals surface area contributed by atoms with Gasteiger partial charge in [0, 0.05) is 0 Å². The van der Waals surface area contributed by atoms with Crippen LogP contribution in [0.5, 0.6) is 0 Å². The fourth-order valence-electron chi connectivity index (χ4n) is 0.585. The van der Waals surface area contributed by atoms with Crippen LogP contribution in [-0.4, -0.2) is 51.7 Å². The van der Waals surface area contributed by atoms with E-state index in [0.29, 0.717) is 0 Å². The first-order valence-corrected chi connectivity index (χ1v) is 3.30. The zero-order valence-electron chi connectivity index (χ0n) is 6.79. The Morgan fingerprint density at radius 3 is 1.42 bits per heavy atom. The molecule has 0 saturated heterocycles. The zero-order valence-corrected chi connectivity index (χ0v) is 6.79. The molecule has 2 N–H and O–H groups in total. The maximum atomic E-state index is 10.5. The van der Waals surface area contributed by atoms with E-state index >= 15 is 0 Å². The fourth-order valence-corrected chi connectivity index (χ4v) is 0.585. The summed E-state index contributed by atoms with van der Waals surface area (Å²) in [5, 5.41) is 17.2. The molecule has 0 aromatic rings. The Hall–Kier alpha value is -0.0600. The van der Waals surface area contributed by atoms with Crippen molar-refractivity contribution in [2.75, 3.05) is 0 Å². The molecule has 0 amide bonds. The predicted octanol–water partition coefficient (Wildman–Crippen LogP) is 0.169. The Kier molecular flexibility index (Phi) is 5.84. The molecule has 12 heavy (non-hydrogen) atoms. The van der Waals surface area contributed by atoms with Crippen LogP contribution in [0.4, 0.5) is 0 Å². The number of carboxylic acid groups (broad SMARTS) is 2. The van der Waals surface area contributed by atoms with Gasteiger partial charge < -0.3 is 10.2 Å². The Balaban J connectivity index is 0. The molecule has 0 unspecified atom stereocenters. The van der Waals surface area contributed by atoms with Crippen LogP contribution in [0.2, 0.25) is 0 Å². The summed E-state index contributed by atoms with van der Waals surface area (Å²) in [7, 11) is 0. The quantitative estimate of drug-likeness (QED) is 0.484. The van der Waals surface area contributed by atoms with Crippen LogP contribution in [-0.2, 0) is 9.59 Å². The molecule has 5 heteroatoms. The van der Waals surface area contributed by atoms with Crippen molar-refractivity contribution >= 4 is 41.5 Å². The van der Waals surface area contributed by atoms with Crippen LogP contribution < -0.4 is 0 Å². The monoisotopic (exact) mass is 184 g/mol. The van der Waals surface area contributed by atoms with Crippen LogP contribution in [0.15, 0.2) is 0 Å². The Morgan fingerprint density at radius 1 is 1.17 bits per heavy atom. The van der Waals surface area contributed by atoms with Gasteiger partial charge >= 0.3 is 41.5 Å². The second-order valence-electron chi connectivity index (χ2n) is 2.97. The van der Waals surface area contributed by atoms with Crippen molar-refractivity contribution in [1.82, 2.24) is 0 Å². The summed E-state index contributed by atoms with van der Waals surface area (Å²) in [4.78, 5) is 21.0. The first kappa shape index (κ1) is 14.5. The molecular formula is C7H13NaO4. The van der Waals surface area contributed by atoms with E-state index in [1.165, 1.54) is 6.92 Å². The predicted molar refractivity (Wildman–Crippen MR) is 45.4 cm³/mol. The Bertz CT molecular complexity index is 174. The van der Waals surface area contributed by atoms with Crippen molar-refractivity contribution in [3.8, 4) is 0 Å². The molecule has 0 bridgehead atoms. The molecule has 4 nitrogen and oxygen atoms in total. The van der Waals surface area contributed by atoms with E-state index in [0.717, 1.165) is 0 Å². The van der Waals surface area contributed by atoms with E-state index in [4.69, 9.17) is 10.2 Å². The van der Waals surface area contributed by atoms with Crippen molar-refractivity contribution in [3.63, 3.8) is 0 Å². The first-order chi connectivity index (χ1) is 4.83. The first-order valence-electron chi connectivity index (χ1n) is 3.30. The number of rotatable bonds is 3. The van der Waals surface area contributed by atoms with E-state index in [1.807, 2.05) is 0 Å². The molecule has 0 fully saturated rings. The third-order valence-corrected chi connectivity index (χ3v) is 2.04. The molecule has 0 saturated carbocycles. The molecule has 0 radical (unpaired) electrons. The van der Waals surface area contributed by atoms with E-state index < -0.39 is 23.3 Å². The standard InChI is InChI=1S/C7H12O4.Na.H/c1-4(2)7(3,5(8)9)6(10)11;;/h4H,1-3H3,(H,8,9)(H,10,11);;. The minimum absolute atomic E-state index is 0. The Labute approximate surface area is 93.3 Å². The minimum atomic E-state index is -1.67. The van der Waals surface area contributed by atoms with Crippen LogP contribution >= 0.6 is 0 Å². The van der Waals surface area contributed by atoms with Crippen molar-refractivity contribution in [3.05, 3.63) is 0 Å². The second-order valence-corrected chi connectivity index (χ2v) is 2.97. The SMILES string of the molecule is CC(C)C(C)(C(=O)O)C(=O)O.[NaH]. The van der Waals surface area contributed by atoms with Crippen molar-refractivity contribution in [1.29, 1.82) is 0 Å². The molecule has 0 aromatic carbocycles. The molecule has 0 aliphatic carbocycles. The number of carbonyl (C=O) groups is 2. The average Bonchev–Trinajstić information content (AvgIpc) is 1.84. The molecule has 0 heterocycles. The molecule has 0 aliphatic heterocycles. The third-order valence-electron chi connectivity index (χ3n) is 2.04. The number of hydrogen-bond acceptors (Lipinski definition) is 2. The van der Waals surface area contributed by atoms with Gasteiger partial charge in [0.05, 0.1) is 0 Å². The van der Waals surface area contributed by atoms with Gasteiger partial charge in [0.2, 0.25) is 0 Å². The summed E-state index contributed by atoms with van der Waals surface area (Å²) in [6.45, 7) is 4.35. The third kappa shape index (κ3) is 2.47. The van der Waals surface area contributed by atoms with Gasteiger partial charge in [0.1, 0.15) is 0 Å². The summed E-state index contributed by atoms with van der Waals surface area (Å²) in [5.41, 5.74) is -1.67. The molecule has 0 aromatic heterocycles. The molecule has 0 spiro atoms. The maximum absolute atomic E-state index is 10.5. The molecule has 66 valence electrons. The van der Waals surface area contributed by atoms with Gasteiger partial charge in [-0.3, -0.25) is 9.59 Å². The van der Waals surface area contributed by atoms with E-state index in [1.54, 1.807) is 13.8 Å². The normalized spacial score (nSPS) is 10.7. The number of aliphatic carboxylic acids is 2. The van der Waals surface area contributed by atoms with Gasteiger partial charge in [-0.25, -0.2) is 0 Å². The van der Waals surface area contributed by atoms with Gasteiger partial charge in [0.15, 0.2) is 5.41 Å². The van der Waals surface area contributed by atoms with Gasteiger partial charge in [0.25, 0.3) is 0 Å². The van der Waals surface area contributed by atoms with E-state index in [9.17, 15) is 9.59 Å². The average molecular weight is 184 g/mol. The Morgan fingerprint density at radius 2 is 1.42 bits per heavy atom. The van der Waals surface area contributed by atoms with Crippen LogP contribution in [0.25, 0.3) is 0 Å². The summed E-state index contributed by atoms with van der Waals surface area (Å²) in [6.07, 6.45) is 0. The van der Waals surface area contributed by atoms with Gasteiger partial charge in [-0.1, -0.05) is 13.8 Å². The molecule has 0 atom stereocenters. The zero-order chi connectivity index (χ0) is 9.23. The van der Waals surface area contributed by atoms with Crippen LogP contribution in [0.3, 0.4) is 0 Å². The van der Waals surface area contributed by atoms with Gasteiger partial charge in [-0.15, -0.1) is 0 Å². The van der Waals surface area contributed by atoms with E-state index in [-0.39, 0.29) is 29.6 Å². The molecular weight excluding hydrogens is 171 g/mol. The molecule has 0 aliphatic rings. The summed E-state index contributed by atoms with van der Waals surface area (Å²) >= 11 is 0. The van der Waals surface area contributed by atoms with Gasteiger partial charge in [-0.05, 0) is 12.8 Å². The van der Waals surface area contributed by atoms with E-state index in [2.05, 4.69) is 0 Å². The summed E-state index contributed by atoms with van der Waals surface area (Å²) in [5.74, 6) is -3.00. The number of carboxylic acids is 2. The summed E-state index contributed by atoms with van der Waals surface area (Å²) in [6, 6.07) is 0. The number of hydrogen-bond donors (Lipinski definition) is 2. The van der Waals surface area contributed by atoms with Crippen LogP contribution in [0, 0.1) is 11.3 Å². The topological polar surface area (TPSA) is 74.6 Å². The van der Waals surface area contributed by atoms with Crippen molar-refractivity contribution in [2.24, 2.45) is 11.3 Å². The van der Waals surface area contributed by atoms with Gasteiger partial charge in [-0.2, -0.15) is 0 Å². The molecule has 0 rings (SSSR count). The second kappa shape index (κ2) is 4.84. The van der Waals surface area contributed by atoms with Crippen molar-refractivity contribution < 1.29 is 19.8 Å².